The number of carbonyl (C=O) groups is 2. The minimum atomic E-state index is -0.489. The Bertz CT molecular complexity index is 1150. The number of likely N-dealkylation sites (tertiary alicyclic amines) is 1. The van der Waals surface area contributed by atoms with Gasteiger partial charge < -0.3 is 16.4 Å². The first-order chi connectivity index (χ1) is 15.9. The quantitative estimate of drug-likeness (QED) is 0.602. The fourth-order valence-corrected chi connectivity index (χ4v) is 4.24. The monoisotopic (exact) mass is 447 g/mol. The molecule has 1 atom stereocenters. The van der Waals surface area contributed by atoms with Gasteiger partial charge in [-0.05, 0) is 54.7 Å². The number of benzene rings is 2. The second-order valence-electron chi connectivity index (χ2n) is 8.27. The van der Waals surface area contributed by atoms with Crippen molar-refractivity contribution in [3.05, 3.63) is 77.4 Å². The van der Waals surface area contributed by atoms with Crippen molar-refractivity contribution in [1.82, 2.24) is 14.9 Å². The Balaban J connectivity index is 1.50. The zero-order valence-electron chi connectivity index (χ0n) is 18.2. The molecular weight excluding hydrogens is 421 g/mol. The van der Waals surface area contributed by atoms with Crippen molar-refractivity contribution in [2.75, 3.05) is 18.8 Å². The average Bonchev–Trinajstić information content (AvgIpc) is 2.83. The van der Waals surface area contributed by atoms with Gasteiger partial charge in [-0.25, -0.2) is 14.4 Å². The number of rotatable bonds is 6. The van der Waals surface area contributed by atoms with Gasteiger partial charge in [0.25, 0.3) is 0 Å². The number of amides is 2. The molecule has 1 fully saturated rings. The number of aryl methyl sites for hydroxylation is 1. The third-order valence-corrected chi connectivity index (χ3v) is 6.02. The number of halogens is 1. The predicted molar refractivity (Wildman–Crippen MR) is 124 cm³/mol. The molecule has 8 heteroatoms. The first-order valence-electron chi connectivity index (χ1n) is 11.0. The highest BCUT2D eigenvalue weighted by Gasteiger charge is 2.28. The van der Waals surface area contributed by atoms with Crippen LogP contribution in [0.3, 0.4) is 0 Å². The molecule has 3 aromatic rings. The molecule has 1 saturated heterocycles. The van der Waals surface area contributed by atoms with E-state index in [-0.39, 0.29) is 23.6 Å². The Hall–Kier alpha value is -3.81. The van der Waals surface area contributed by atoms with Gasteiger partial charge in [-0.1, -0.05) is 24.3 Å². The van der Waals surface area contributed by atoms with Crippen molar-refractivity contribution in [2.24, 2.45) is 5.73 Å². The molecule has 2 amide bonds. The maximum atomic E-state index is 13.1. The van der Waals surface area contributed by atoms with Crippen molar-refractivity contribution < 1.29 is 14.0 Å². The van der Waals surface area contributed by atoms with E-state index in [2.05, 4.69) is 9.97 Å². The van der Waals surface area contributed by atoms with Crippen molar-refractivity contribution in [3.63, 3.8) is 0 Å². The second-order valence-corrected chi connectivity index (χ2v) is 8.27. The molecule has 2 aromatic carbocycles. The summed E-state index contributed by atoms with van der Waals surface area (Å²) in [6.45, 7) is 1.24. The summed E-state index contributed by atoms with van der Waals surface area (Å²) in [5.41, 5.74) is 15.1. The van der Waals surface area contributed by atoms with Crippen molar-refractivity contribution >= 4 is 17.8 Å². The lowest BCUT2D eigenvalue weighted by Crippen LogP contribution is -2.39. The van der Waals surface area contributed by atoms with Gasteiger partial charge in [-0.15, -0.1) is 0 Å². The Kier molecular flexibility index (Phi) is 6.63. The summed E-state index contributed by atoms with van der Waals surface area (Å²) in [7, 11) is 0. The molecule has 33 heavy (non-hydrogen) atoms. The van der Waals surface area contributed by atoms with Gasteiger partial charge in [0.1, 0.15) is 5.82 Å². The van der Waals surface area contributed by atoms with Gasteiger partial charge in [-0.3, -0.25) is 9.59 Å². The zero-order valence-corrected chi connectivity index (χ0v) is 18.2. The maximum Gasteiger partial charge on any atom is 0.248 e. The number of hydrogen-bond acceptors (Lipinski definition) is 5. The fraction of sp³-hybridized carbons (Fsp3) is 0.280. The van der Waals surface area contributed by atoms with E-state index in [1.165, 1.54) is 12.1 Å². The molecule has 7 nitrogen and oxygen atoms in total. The van der Waals surface area contributed by atoms with E-state index in [0.29, 0.717) is 31.5 Å². The number of hydrogen-bond donors (Lipinski definition) is 2. The highest BCUT2D eigenvalue weighted by Crippen LogP contribution is 2.33. The lowest BCUT2D eigenvalue weighted by atomic mass is 9.89. The van der Waals surface area contributed by atoms with Crippen molar-refractivity contribution in [2.45, 2.75) is 31.6 Å². The first kappa shape index (κ1) is 22.4. The minimum absolute atomic E-state index is 0.0182. The van der Waals surface area contributed by atoms with Crippen LogP contribution in [0.4, 0.5) is 10.3 Å². The summed E-state index contributed by atoms with van der Waals surface area (Å²) >= 11 is 0. The average molecular weight is 448 g/mol. The summed E-state index contributed by atoms with van der Waals surface area (Å²) in [6.07, 6.45) is 4.36. The third-order valence-electron chi connectivity index (χ3n) is 6.02. The Morgan fingerprint density at radius 3 is 2.52 bits per heavy atom. The number of carbonyl (C=O) groups excluding carboxylic acids is 2. The van der Waals surface area contributed by atoms with Gasteiger partial charge >= 0.3 is 0 Å². The molecule has 0 radical (unpaired) electrons. The lowest BCUT2D eigenvalue weighted by Gasteiger charge is -2.33. The van der Waals surface area contributed by atoms with Gasteiger partial charge in [0.2, 0.25) is 17.8 Å². The van der Waals surface area contributed by atoms with Crippen LogP contribution < -0.4 is 11.5 Å². The van der Waals surface area contributed by atoms with Gasteiger partial charge in [-0.2, -0.15) is 0 Å². The molecule has 1 unspecified atom stereocenters. The summed E-state index contributed by atoms with van der Waals surface area (Å²) in [4.78, 5) is 34.8. The Morgan fingerprint density at radius 1 is 1.09 bits per heavy atom. The SMILES string of the molecule is NC(=O)c1ccc(-c2cnc(N)nc2C2CCCN(C(=O)CCc3ccc(F)cc3)C2)cc1. The van der Waals surface area contributed by atoms with Gasteiger partial charge in [0.05, 0.1) is 5.69 Å². The molecule has 4 rings (SSSR count). The van der Waals surface area contributed by atoms with Gasteiger partial charge in [0, 0.05) is 42.8 Å². The summed E-state index contributed by atoms with van der Waals surface area (Å²) in [5, 5.41) is 0. The van der Waals surface area contributed by atoms with Crippen LogP contribution in [0.5, 0.6) is 0 Å². The Morgan fingerprint density at radius 2 is 1.82 bits per heavy atom. The smallest absolute Gasteiger partial charge is 0.248 e. The van der Waals surface area contributed by atoms with E-state index in [4.69, 9.17) is 11.5 Å². The van der Waals surface area contributed by atoms with E-state index in [0.717, 1.165) is 35.2 Å². The molecule has 1 aliphatic heterocycles. The largest absolute Gasteiger partial charge is 0.368 e. The lowest BCUT2D eigenvalue weighted by molar-refractivity contribution is -0.132. The van der Waals surface area contributed by atoms with E-state index in [1.54, 1.807) is 30.5 Å². The van der Waals surface area contributed by atoms with E-state index >= 15 is 0 Å². The number of piperidine rings is 1. The van der Waals surface area contributed by atoms with Gasteiger partial charge in [0.15, 0.2) is 0 Å². The van der Waals surface area contributed by atoms with Crippen molar-refractivity contribution in [3.8, 4) is 11.1 Å². The van der Waals surface area contributed by atoms with Crippen LogP contribution in [-0.2, 0) is 11.2 Å². The van der Waals surface area contributed by atoms with Crippen LogP contribution in [0.15, 0.2) is 54.7 Å². The van der Waals surface area contributed by atoms with Crippen LogP contribution in [0.25, 0.3) is 11.1 Å². The molecule has 0 spiro atoms. The minimum Gasteiger partial charge on any atom is -0.368 e. The fourth-order valence-electron chi connectivity index (χ4n) is 4.24. The number of aromatic nitrogens is 2. The predicted octanol–water partition coefficient (Wildman–Crippen LogP) is 3.30. The summed E-state index contributed by atoms with van der Waals surface area (Å²) in [6, 6.07) is 13.2. The molecule has 2 heterocycles. The summed E-state index contributed by atoms with van der Waals surface area (Å²) in [5.74, 6) is -0.504. The van der Waals surface area contributed by atoms with Crippen molar-refractivity contribution in [1.29, 1.82) is 0 Å². The van der Waals surface area contributed by atoms with E-state index < -0.39 is 5.91 Å². The molecule has 1 aliphatic rings. The molecule has 170 valence electrons. The topological polar surface area (TPSA) is 115 Å². The molecule has 0 aliphatic carbocycles. The normalized spacial score (nSPS) is 15.9. The number of nitrogens with two attached hydrogens (primary N) is 2. The number of nitrogens with zero attached hydrogens (tertiary/aromatic N) is 3. The molecule has 0 saturated carbocycles. The Labute approximate surface area is 191 Å². The molecule has 4 N–H and O–H groups in total. The highest BCUT2D eigenvalue weighted by molar-refractivity contribution is 5.93. The number of anilines is 1. The van der Waals surface area contributed by atoms with Crippen LogP contribution in [0.1, 0.15) is 46.8 Å². The number of primary amides is 1. The maximum absolute atomic E-state index is 13.1. The van der Waals surface area contributed by atoms with Crippen LogP contribution in [-0.4, -0.2) is 39.8 Å². The third kappa shape index (κ3) is 5.34. The van der Waals surface area contributed by atoms with Crippen LogP contribution in [0, 0.1) is 5.82 Å². The summed E-state index contributed by atoms with van der Waals surface area (Å²) < 4.78 is 13.1. The second kappa shape index (κ2) is 9.77. The standard InChI is InChI=1S/C25H26FN5O2/c26-20-10-3-16(4-11-20)5-12-22(32)31-13-1-2-19(15-31)23-21(14-29-25(28)30-23)17-6-8-18(9-7-17)24(27)33/h3-4,6-11,14,19H,1-2,5,12-13,15H2,(H2,27,33)(H2,28,29,30). The molecular formula is C25H26FN5O2. The van der Waals surface area contributed by atoms with E-state index in [1.807, 2.05) is 17.0 Å². The zero-order chi connectivity index (χ0) is 23.4. The molecule has 1 aromatic heterocycles. The first-order valence-corrected chi connectivity index (χ1v) is 11.0. The van der Waals surface area contributed by atoms with Crippen LogP contribution in [0.2, 0.25) is 0 Å². The number of nitrogen functional groups attached to an aromatic ring is 1. The highest BCUT2D eigenvalue weighted by atomic mass is 19.1. The molecule has 0 bridgehead atoms. The van der Waals surface area contributed by atoms with E-state index in [9.17, 15) is 14.0 Å². The van der Waals surface area contributed by atoms with Crippen LogP contribution >= 0.6 is 0 Å².